The molecular weight excluding hydrogens is 327 g/mol. The van der Waals surface area contributed by atoms with Crippen LogP contribution in [0.15, 0.2) is 22.7 Å². The average molecular weight is 341 g/mol. The zero-order chi connectivity index (χ0) is 14.3. The Morgan fingerprint density at radius 1 is 1.25 bits per heavy atom. The van der Waals surface area contributed by atoms with Crippen LogP contribution in [0.4, 0.5) is 10.1 Å². The van der Waals surface area contributed by atoms with Gasteiger partial charge in [0.05, 0.1) is 5.69 Å². The molecule has 0 aromatic heterocycles. The molecule has 0 radical (unpaired) electrons. The predicted molar refractivity (Wildman–Crippen MR) is 75.8 cm³/mol. The maximum atomic E-state index is 14.0. The SMILES string of the molecule is O=C1C2CCCCN2C(=O)CN1c1ccc(Br)cc1F. The van der Waals surface area contributed by atoms with Crippen LogP contribution in [0.1, 0.15) is 19.3 Å². The summed E-state index contributed by atoms with van der Waals surface area (Å²) in [6, 6.07) is 4.08. The highest BCUT2D eigenvalue weighted by atomic mass is 79.9. The molecule has 20 heavy (non-hydrogen) atoms. The van der Waals surface area contributed by atoms with Gasteiger partial charge in [0.15, 0.2) is 0 Å². The second kappa shape index (κ2) is 5.16. The molecular formula is C14H14BrFN2O2. The number of fused-ring (bicyclic) bond motifs is 1. The molecule has 2 aliphatic heterocycles. The molecule has 1 aromatic rings. The highest BCUT2D eigenvalue weighted by Gasteiger charge is 2.41. The molecule has 0 N–H and O–H groups in total. The predicted octanol–water partition coefficient (Wildman–Crippen LogP) is 2.32. The number of carbonyl (C=O) groups excluding carboxylic acids is 2. The van der Waals surface area contributed by atoms with Crippen molar-refractivity contribution in [1.82, 2.24) is 4.90 Å². The number of benzene rings is 1. The number of nitrogens with zero attached hydrogens (tertiary/aromatic N) is 2. The number of rotatable bonds is 1. The van der Waals surface area contributed by atoms with Gasteiger partial charge >= 0.3 is 0 Å². The minimum absolute atomic E-state index is 0.0755. The van der Waals surface area contributed by atoms with Gasteiger partial charge in [-0.3, -0.25) is 14.5 Å². The number of hydrogen-bond acceptors (Lipinski definition) is 2. The lowest BCUT2D eigenvalue weighted by atomic mass is 9.98. The quantitative estimate of drug-likeness (QED) is 0.787. The normalized spacial score (nSPS) is 23.0. The van der Waals surface area contributed by atoms with Gasteiger partial charge in [0.2, 0.25) is 11.8 Å². The molecule has 1 unspecified atom stereocenters. The first kappa shape index (κ1) is 13.5. The Kier molecular flexibility index (Phi) is 3.50. The van der Waals surface area contributed by atoms with Gasteiger partial charge in [0.25, 0.3) is 0 Å². The molecule has 106 valence electrons. The maximum absolute atomic E-state index is 14.0. The molecule has 2 heterocycles. The number of anilines is 1. The lowest BCUT2D eigenvalue weighted by Gasteiger charge is -2.42. The standard InChI is InChI=1S/C14H14BrFN2O2/c15-9-4-5-11(10(16)7-9)18-8-13(19)17-6-2-1-3-12(17)14(18)20/h4-5,7,12H,1-3,6,8H2. The van der Waals surface area contributed by atoms with E-state index in [2.05, 4.69) is 15.9 Å². The van der Waals surface area contributed by atoms with Crippen molar-refractivity contribution in [3.8, 4) is 0 Å². The summed E-state index contributed by atoms with van der Waals surface area (Å²) in [6.45, 7) is 0.555. The second-order valence-corrected chi connectivity index (χ2v) is 6.03. The van der Waals surface area contributed by atoms with Crippen molar-refractivity contribution >= 4 is 33.4 Å². The average Bonchev–Trinajstić information content (AvgIpc) is 2.43. The largest absolute Gasteiger partial charge is 0.329 e. The van der Waals surface area contributed by atoms with E-state index >= 15 is 0 Å². The lowest BCUT2D eigenvalue weighted by molar-refractivity contribution is -0.144. The van der Waals surface area contributed by atoms with Gasteiger partial charge in [-0.1, -0.05) is 15.9 Å². The van der Waals surface area contributed by atoms with Crippen LogP contribution < -0.4 is 4.90 Å². The van der Waals surface area contributed by atoms with Crippen LogP contribution in [0, 0.1) is 5.82 Å². The second-order valence-electron chi connectivity index (χ2n) is 5.12. The van der Waals surface area contributed by atoms with Crippen LogP contribution in [0.3, 0.4) is 0 Å². The van der Waals surface area contributed by atoms with E-state index < -0.39 is 11.9 Å². The topological polar surface area (TPSA) is 40.6 Å². The summed E-state index contributed by atoms with van der Waals surface area (Å²) < 4.78 is 14.6. The molecule has 4 nitrogen and oxygen atoms in total. The molecule has 6 heteroatoms. The molecule has 0 saturated carbocycles. The van der Waals surface area contributed by atoms with Gasteiger partial charge in [-0.25, -0.2) is 4.39 Å². The number of hydrogen-bond donors (Lipinski definition) is 0. The molecule has 2 amide bonds. The third kappa shape index (κ3) is 2.22. The number of carbonyl (C=O) groups is 2. The van der Waals surface area contributed by atoms with Crippen molar-refractivity contribution in [2.45, 2.75) is 25.3 Å². The summed E-state index contributed by atoms with van der Waals surface area (Å²) in [5.74, 6) is -0.771. The van der Waals surface area contributed by atoms with E-state index in [1.54, 1.807) is 11.0 Å². The molecule has 1 aromatic carbocycles. The summed E-state index contributed by atoms with van der Waals surface area (Å²) in [7, 11) is 0. The fourth-order valence-corrected chi connectivity index (χ4v) is 3.21. The Hall–Kier alpha value is -1.43. The Morgan fingerprint density at radius 3 is 2.80 bits per heavy atom. The van der Waals surface area contributed by atoms with Crippen molar-refractivity contribution in [2.24, 2.45) is 0 Å². The zero-order valence-electron chi connectivity index (χ0n) is 10.8. The molecule has 3 rings (SSSR count). The first-order valence-corrected chi connectivity index (χ1v) is 7.43. The van der Waals surface area contributed by atoms with E-state index in [0.717, 1.165) is 12.8 Å². The summed E-state index contributed by atoms with van der Waals surface area (Å²) >= 11 is 3.18. The smallest absolute Gasteiger partial charge is 0.250 e. The van der Waals surface area contributed by atoms with Crippen LogP contribution in [0.25, 0.3) is 0 Å². The van der Waals surface area contributed by atoms with Crippen molar-refractivity contribution < 1.29 is 14.0 Å². The van der Waals surface area contributed by atoms with E-state index in [0.29, 0.717) is 17.4 Å². The van der Waals surface area contributed by atoms with E-state index in [1.807, 2.05) is 0 Å². The Morgan fingerprint density at radius 2 is 2.05 bits per heavy atom. The summed E-state index contributed by atoms with van der Waals surface area (Å²) in [4.78, 5) is 27.5. The van der Waals surface area contributed by atoms with Gasteiger partial charge < -0.3 is 4.90 Å². The Balaban J connectivity index is 1.94. The number of piperazine rings is 1. The fraction of sp³-hybridized carbons (Fsp3) is 0.429. The summed E-state index contributed by atoms with van der Waals surface area (Å²) in [5, 5.41) is 0. The minimum Gasteiger partial charge on any atom is -0.329 e. The van der Waals surface area contributed by atoms with Gasteiger partial charge in [0.1, 0.15) is 18.4 Å². The molecule has 2 saturated heterocycles. The molecule has 2 aliphatic rings. The monoisotopic (exact) mass is 340 g/mol. The molecule has 0 bridgehead atoms. The Labute approximate surface area is 124 Å². The number of halogens is 2. The maximum Gasteiger partial charge on any atom is 0.250 e. The van der Waals surface area contributed by atoms with Crippen molar-refractivity contribution in [2.75, 3.05) is 18.0 Å². The highest BCUT2D eigenvalue weighted by molar-refractivity contribution is 9.10. The van der Waals surface area contributed by atoms with E-state index in [-0.39, 0.29) is 24.0 Å². The van der Waals surface area contributed by atoms with Gasteiger partial charge in [-0.05, 0) is 37.5 Å². The van der Waals surface area contributed by atoms with Crippen LogP contribution in [0.2, 0.25) is 0 Å². The third-order valence-corrected chi connectivity index (χ3v) is 4.36. The van der Waals surface area contributed by atoms with Crippen molar-refractivity contribution in [1.29, 1.82) is 0 Å². The third-order valence-electron chi connectivity index (χ3n) is 3.87. The number of piperidine rings is 1. The highest BCUT2D eigenvalue weighted by Crippen LogP contribution is 2.29. The Bertz CT molecular complexity index is 578. The van der Waals surface area contributed by atoms with Crippen LogP contribution in [-0.4, -0.2) is 35.8 Å². The molecule has 1 atom stereocenters. The van der Waals surface area contributed by atoms with E-state index in [9.17, 15) is 14.0 Å². The first-order valence-electron chi connectivity index (χ1n) is 6.64. The summed E-state index contributed by atoms with van der Waals surface area (Å²) in [5.41, 5.74) is 0.178. The van der Waals surface area contributed by atoms with Crippen molar-refractivity contribution in [3.05, 3.63) is 28.5 Å². The van der Waals surface area contributed by atoms with Gasteiger partial charge in [-0.2, -0.15) is 0 Å². The van der Waals surface area contributed by atoms with Gasteiger partial charge in [-0.15, -0.1) is 0 Å². The van der Waals surface area contributed by atoms with Crippen LogP contribution in [0.5, 0.6) is 0 Å². The minimum atomic E-state index is -0.496. The molecule has 2 fully saturated rings. The number of amides is 2. The molecule has 0 spiro atoms. The van der Waals surface area contributed by atoms with E-state index in [4.69, 9.17) is 0 Å². The van der Waals surface area contributed by atoms with Crippen LogP contribution in [-0.2, 0) is 9.59 Å². The lowest BCUT2D eigenvalue weighted by Crippen LogP contribution is -2.61. The van der Waals surface area contributed by atoms with Crippen LogP contribution >= 0.6 is 15.9 Å². The molecule has 0 aliphatic carbocycles. The van der Waals surface area contributed by atoms with E-state index in [1.165, 1.54) is 17.0 Å². The fourth-order valence-electron chi connectivity index (χ4n) is 2.87. The first-order chi connectivity index (χ1) is 9.58. The summed E-state index contributed by atoms with van der Waals surface area (Å²) in [6.07, 6.45) is 2.53. The van der Waals surface area contributed by atoms with Crippen molar-refractivity contribution in [3.63, 3.8) is 0 Å². The zero-order valence-corrected chi connectivity index (χ0v) is 12.4. The van der Waals surface area contributed by atoms with Gasteiger partial charge in [0, 0.05) is 11.0 Å².